The van der Waals surface area contributed by atoms with Crippen LogP contribution in [-0.4, -0.2) is 8.32 Å². The van der Waals surface area contributed by atoms with E-state index in [1.165, 1.54) is 33.4 Å². The second-order valence-corrected chi connectivity index (χ2v) is 21.6. The third-order valence-corrected chi connectivity index (χ3v) is 12.1. The normalized spacial score (nSPS) is 16.2. The number of hydrogen-bond acceptors (Lipinski definition) is 1. The molecule has 6 heteroatoms. The van der Waals surface area contributed by atoms with Crippen molar-refractivity contribution in [3.63, 3.8) is 0 Å². The molecule has 0 aromatic heterocycles. The van der Waals surface area contributed by atoms with Gasteiger partial charge in [0.1, 0.15) is 5.75 Å². The first-order valence-corrected chi connectivity index (χ1v) is 25.5. The molecule has 3 atom stereocenters. The van der Waals surface area contributed by atoms with Crippen molar-refractivity contribution in [2.75, 3.05) is 0 Å². The summed E-state index contributed by atoms with van der Waals surface area (Å²) in [5.41, 5.74) is 9.91. The van der Waals surface area contributed by atoms with Crippen molar-refractivity contribution in [3.8, 4) is 16.9 Å². The van der Waals surface area contributed by atoms with E-state index in [1.807, 2.05) is 0 Å². The van der Waals surface area contributed by atoms with Gasteiger partial charge in [0, 0.05) is 5.54 Å². The number of rotatable bonds is 10. The molecule has 0 heterocycles. The zero-order chi connectivity index (χ0) is 32.6. The second-order valence-electron chi connectivity index (χ2n) is 13.8. The molecule has 0 aliphatic heterocycles. The Balaban J connectivity index is 0.00000139. The molecule has 46 heavy (non-hydrogen) atoms. The molecular formula is C40H51Cl2NOSiZr. The number of hydrogen-bond donors (Lipinski definition) is 0. The molecule has 4 aromatic rings. The van der Waals surface area contributed by atoms with Gasteiger partial charge in [0.25, 0.3) is 8.32 Å². The first kappa shape index (κ1) is 38.6. The fourth-order valence-corrected chi connectivity index (χ4v) is 10.3. The minimum absolute atomic E-state index is 0. The van der Waals surface area contributed by atoms with Crippen molar-refractivity contribution >= 4 is 31.0 Å². The first-order valence-electron chi connectivity index (χ1n) is 16.2. The molecule has 5 rings (SSSR count). The molecule has 0 radical (unpaired) electrons. The molecule has 244 valence electrons. The van der Waals surface area contributed by atoms with Crippen molar-refractivity contribution in [3.05, 3.63) is 132 Å². The van der Waals surface area contributed by atoms with E-state index >= 15 is 0 Å². The average Bonchev–Trinajstić information content (AvgIpc) is 3.37. The zero-order valence-corrected chi connectivity index (χ0v) is 33.9. The van der Waals surface area contributed by atoms with Gasteiger partial charge in [-0.15, -0.1) is 5.69 Å². The Labute approximate surface area is 299 Å². The van der Waals surface area contributed by atoms with Crippen LogP contribution < -0.4 is 4.43 Å². The van der Waals surface area contributed by atoms with Gasteiger partial charge in [0.15, 0.2) is 0 Å². The Morgan fingerprint density at radius 2 is 1.52 bits per heavy atom. The SMILES string of the molecule is CCCCC([N-]c1ccccc1)c1ccccc1O[Si](C)(C)C1c2cccc(-c3ccc(C(C)(C)C)cc3)c2CC1C.[CH3-].[Cl][Zr+2][Cl]. The molecular weight excluding hydrogens is 701 g/mol. The maximum absolute atomic E-state index is 7.22. The Morgan fingerprint density at radius 3 is 2.15 bits per heavy atom. The van der Waals surface area contributed by atoms with E-state index in [4.69, 9.17) is 26.8 Å². The van der Waals surface area contributed by atoms with Crippen molar-refractivity contribution in [1.82, 2.24) is 0 Å². The van der Waals surface area contributed by atoms with Crippen LogP contribution in [0.4, 0.5) is 5.69 Å². The topological polar surface area (TPSA) is 23.3 Å². The van der Waals surface area contributed by atoms with Gasteiger partial charge in [-0.25, -0.2) is 0 Å². The minimum atomic E-state index is -2.23. The Kier molecular flexibility index (Phi) is 14.7. The molecule has 0 saturated carbocycles. The van der Waals surface area contributed by atoms with Gasteiger partial charge in [-0.3, -0.25) is 0 Å². The van der Waals surface area contributed by atoms with Crippen molar-refractivity contribution < 1.29 is 25.3 Å². The predicted molar refractivity (Wildman–Crippen MR) is 201 cm³/mol. The Hall–Kier alpha value is -1.84. The van der Waals surface area contributed by atoms with Gasteiger partial charge in [-0.2, -0.15) is 0 Å². The van der Waals surface area contributed by atoms with Crippen molar-refractivity contribution in [1.29, 1.82) is 0 Å². The zero-order valence-electron chi connectivity index (χ0n) is 28.9. The molecule has 4 aromatic carbocycles. The first-order chi connectivity index (χ1) is 21.5. The van der Waals surface area contributed by atoms with Crippen molar-refractivity contribution in [2.45, 2.75) is 90.4 Å². The molecule has 3 unspecified atom stereocenters. The van der Waals surface area contributed by atoms with E-state index in [-0.39, 0.29) is 18.9 Å². The molecule has 1 aliphatic rings. The number of halogens is 2. The summed E-state index contributed by atoms with van der Waals surface area (Å²) in [5.74, 6) is 1.55. The quantitative estimate of drug-likeness (QED) is 0.117. The molecule has 0 fully saturated rings. The number of nitrogens with zero attached hydrogens (tertiary/aromatic N) is 1. The van der Waals surface area contributed by atoms with Gasteiger partial charge in [-0.1, -0.05) is 151 Å². The van der Waals surface area contributed by atoms with Crippen LogP contribution in [0.5, 0.6) is 5.75 Å². The molecule has 1 aliphatic carbocycles. The summed E-state index contributed by atoms with van der Waals surface area (Å²) in [6, 6.07) is 35.3. The number of unbranched alkanes of at least 4 members (excludes halogenated alkanes) is 1. The summed E-state index contributed by atoms with van der Waals surface area (Å²) in [4.78, 5) is 0. The fourth-order valence-electron chi connectivity index (χ4n) is 6.93. The summed E-state index contributed by atoms with van der Waals surface area (Å²) >= 11 is -0.826. The standard InChI is InChI=1S/C39H48NOSi.CH3.2ClH.Zr/c1-8-9-21-36(40-31-16-11-10-12-17-31)34-18-13-14-22-37(34)41-42(6,7)38-28(2)27-35-32(19-15-20-33(35)38)29-23-25-30(26-24-29)39(3,4)5;;;;/h10-20,22-26,28,36,38H,8-9,21,27H2,1-7H3;1H3;2*1H;/q2*-1;;;+4/p-2. The molecule has 0 bridgehead atoms. The second kappa shape index (κ2) is 17.5. The summed E-state index contributed by atoms with van der Waals surface area (Å²) in [6.45, 7) is 16.4. The summed E-state index contributed by atoms with van der Waals surface area (Å²) in [7, 11) is 7.64. The fraction of sp³-hybridized carbons (Fsp3) is 0.375. The van der Waals surface area contributed by atoms with E-state index < -0.39 is 29.2 Å². The van der Waals surface area contributed by atoms with E-state index in [9.17, 15) is 0 Å². The van der Waals surface area contributed by atoms with Crippen LogP contribution in [0.3, 0.4) is 0 Å². The molecule has 2 nitrogen and oxygen atoms in total. The van der Waals surface area contributed by atoms with Gasteiger partial charge >= 0.3 is 37.9 Å². The Bertz CT molecular complexity index is 1500. The van der Waals surface area contributed by atoms with E-state index in [0.717, 1.165) is 37.1 Å². The van der Waals surface area contributed by atoms with Crippen LogP contribution in [0, 0.1) is 13.3 Å². The third kappa shape index (κ3) is 9.62. The predicted octanol–water partition coefficient (Wildman–Crippen LogP) is 13.5. The summed E-state index contributed by atoms with van der Waals surface area (Å²) in [5, 5.41) is 5.21. The monoisotopic (exact) mass is 749 g/mol. The van der Waals surface area contributed by atoms with E-state index in [2.05, 4.69) is 145 Å². The van der Waals surface area contributed by atoms with Crippen LogP contribution in [0.1, 0.15) is 87.7 Å². The van der Waals surface area contributed by atoms with Crippen molar-refractivity contribution in [2.24, 2.45) is 5.92 Å². The molecule has 0 spiro atoms. The van der Waals surface area contributed by atoms with E-state index in [0.29, 0.717) is 11.5 Å². The average molecular weight is 752 g/mol. The van der Waals surface area contributed by atoms with Gasteiger partial charge < -0.3 is 17.2 Å². The maximum atomic E-state index is 7.22. The molecule has 0 N–H and O–H groups in total. The van der Waals surface area contributed by atoms with Crippen LogP contribution in [0.2, 0.25) is 13.1 Å². The van der Waals surface area contributed by atoms with Crippen LogP contribution in [-0.2, 0) is 32.7 Å². The van der Waals surface area contributed by atoms with Gasteiger partial charge in [0.2, 0.25) is 0 Å². The number of fused-ring (bicyclic) bond motifs is 1. The summed E-state index contributed by atoms with van der Waals surface area (Å²) in [6.07, 6.45) is 4.42. The van der Waals surface area contributed by atoms with E-state index in [1.54, 1.807) is 0 Å². The van der Waals surface area contributed by atoms with Crippen LogP contribution in [0.25, 0.3) is 16.4 Å². The number of benzene rings is 4. The Morgan fingerprint density at radius 1 is 0.891 bits per heavy atom. The molecule has 0 amide bonds. The van der Waals surface area contributed by atoms with Crippen LogP contribution in [0.15, 0.2) is 97.1 Å². The van der Waals surface area contributed by atoms with Crippen LogP contribution >= 0.6 is 17.0 Å². The third-order valence-electron chi connectivity index (χ3n) is 9.00. The van der Waals surface area contributed by atoms with Gasteiger partial charge in [0.05, 0.1) is 0 Å². The number of para-hydroxylation sites is 2. The molecule has 0 saturated heterocycles. The summed E-state index contributed by atoms with van der Waals surface area (Å²) < 4.78 is 7.22. The van der Waals surface area contributed by atoms with Gasteiger partial charge in [-0.05, 0) is 70.3 Å².